The van der Waals surface area contributed by atoms with Gasteiger partial charge in [0.15, 0.2) is 11.5 Å². The summed E-state index contributed by atoms with van der Waals surface area (Å²) >= 11 is 0. The Labute approximate surface area is 241 Å². The number of nitrogens with zero attached hydrogens (tertiary/aromatic N) is 7. The van der Waals surface area contributed by atoms with E-state index in [-0.39, 0.29) is 37.9 Å². The summed E-state index contributed by atoms with van der Waals surface area (Å²) in [4.78, 5) is 28.8. The average Bonchev–Trinajstić information content (AvgIpc) is 3.51. The van der Waals surface area contributed by atoms with Crippen molar-refractivity contribution in [3.8, 4) is 17.4 Å². The molecule has 1 amide bonds. The molecule has 3 aromatic rings. The number of carbonyl (C=O) groups excluding carboxylic acids is 1. The normalized spacial score (nSPS) is 16.3. The van der Waals surface area contributed by atoms with Gasteiger partial charge in [-0.25, -0.2) is 9.97 Å². The van der Waals surface area contributed by atoms with Crippen LogP contribution in [0.15, 0.2) is 43.0 Å². The number of piperazine rings is 1. The van der Waals surface area contributed by atoms with E-state index in [2.05, 4.69) is 10.3 Å². The van der Waals surface area contributed by atoms with Crippen molar-refractivity contribution >= 4 is 21.9 Å². The van der Waals surface area contributed by atoms with Crippen LogP contribution in [0, 0.1) is 0 Å². The number of anilines is 1. The Bertz CT molecular complexity index is 1450. The fourth-order valence-corrected chi connectivity index (χ4v) is 5.73. The SMILES string of the molecule is COc1ccc(CNC(=O)CC2CN(S(=O)(=O)N(C)C)CCN2c2cc(C(C)C)nc(-n3ccnc3)n2)cc1OC. The van der Waals surface area contributed by atoms with Crippen molar-refractivity contribution in [3.05, 3.63) is 54.2 Å². The van der Waals surface area contributed by atoms with Crippen molar-refractivity contribution in [2.75, 3.05) is 52.8 Å². The summed E-state index contributed by atoms with van der Waals surface area (Å²) in [5.74, 6) is 2.17. The number of nitrogens with one attached hydrogen (secondary N) is 1. The summed E-state index contributed by atoms with van der Waals surface area (Å²) in [5.41, 5.74) is 1.68. The van der Waals surface area contributed by atoms with Crippen molar-refractivity contribution in [2.24, 2.45) is 0 Å². The van der Waals surface area contributed by atoms with Crippen LogP contribution in [-0.4, -0.2) is 96.4 Å². The molecule has 1 fully saturated rings. The molecule has 1 atom stereocenters. The van der Waals surface area contributed by atoms with Crippen molar-refractivity contribution in [2.45, 2.75) is 38.8 Å². The van der Waals surface area contributed by atoms with E-state index < -0.39 is 16.3 Å². The second-order valence-corrected chi connectivity index (χ2v) is 12.4. The fourth-order valence-electron chi connectivity index (χ4n) is 4.60. The Balaban J connectivity index is 1.60. The van der Waals surface area contributed by atoms with E-state index in [9.17, 15) is 13.2 Å². The Hall–Kier alpha value is -3.75. The third kappa shape index (κ3) is 6.94. The Morgan fingerprint density at radius 3 is 2.51 bits per heavy atom. The first kappa shape index (κ1) is 30.2. The summed E-state index contributed by atoms with van der Waals surface area (Å²) in [6.45, 7) is 5.12. The lowest BCUT2D eigenvalue weighted by molar-refractivity contribution is -0.121. The molecular weight excluding hydrogens is 548 g/mol. The summed E-state index contributed by atoms with van der Waals surface area (Å²) < 4.78 is 41.0. The molecule has 1 saturated heterocycles. The summed E-state index contributed by atoms with van der Waals surface area (Å²) in [6, 6.07) is 6.90. The topological polar surface area (TPSA) is 135 Å². The number of amides is 1. The molecule has 0 radical (unpaired) electrons. The molecule has 14 heteroatoms. The van der Waals surface area contributed by atoms with Crippen LogP contribution in [-0.2, 0) is 21.5 Å². The van der Waals surface area contributed by atoms with Gasteiger partial charge in [0.2, 0.25) is 11.9 Å². The number of hydrogen-bond acceptors (Lipinski definition) is 9. The van der Waals surface area contributed by atoms with Gasteiger partial charge in [-0.15, -0.1) is 0 Å². The molecule has 13 nitrogen and oxygen atoms in total. The molecule has 0 spiro atoms. The number of aromatic nitrogens is 4. The second-order valence-electron chi connectivity index (χ2n) is 10.2. The molecule has 1 aliphatic rings. The highest BCUT2D eigenvalue weighted by Crippen LogP contribution is 2.28. The highest BCUT2D eigenvalue weighted by Gasteiger charge is 2.36. The predicted molar refractivity (Wildman–Crippen MR) is 155 cm³/mol. The number of imidazole rings is 1. The standard InChI is InChI=1S/C27H38N8O5S/c1-19(2)22-15-25(31-27(30-22)33-10-9-28-18-33)35-12-11-34(41(37,38)32(3)4)17-21(35)14-26(36)29-16-20-7-8-23(39-5)24(13-20)40-6/h7-10,13,15,18-19,21H,11-12,14,16-17H2,1-6H3,(H,29,36). The number of benzene rings is 1. The van der Waals surface area contributed by atoms with Gasteiger partial charge in [0.25, 0.3) is 10.2 Å². The zero-order valence-electron chi connectivity index (χ0n) is 24.3. The number of methoxy groups -OCH3 is 2. The zero-order valence-corrected chi connectivity index (χ0v) is 25.1. The molecule has 0 bridgehead atoms. The van der Waals surface area contributed by atoms with E-state index in [4.69, 9.17) is 19.4 Å². The van der Waals surface area contributed by atoms with E-state index in [0.29, 0.717) is 29.8 Å². The van der Waals surface area contributed by atoms with Crippen LogP contribution in [0.3, 0.4) is 0 Å². The molecule has 1 aromatic carbocycles. The smallest absolute Gasteiger partial charge is 0.281 e. The molecule has 2 aromatic heterocycles. The minimum Gasteiger partial charge on any atom is -0.493 e. The van der Waals surface area contributed by atoms with Crippen LogP contribution in [0.4, 0.5) is 5.82 Å². The molecule has 4 rings (SSSR count). The Morgan fingerprint density at radius 1 is 1.12 bits per heavy atom. The number of hydrogen-bond donors (Lipinski definition) is 1. The van der Waals surface area contributed by atoms with E-state index in [1.54, 1.807) is 43.6 Å². The Morgan fingerprint density at radius 2 is 1.88 bits per heavy atom. The lowest BCUT2D eigenvalue weighted by Gasteiger charge is -2.42. The monoisotopic (exact) mass is 586 g/mol. The van der Waals surface area contributed by atoms with Crippen LogP contribution in [0.1, 0.15) is 37.4 Å². The van der Waals surface area contributed by atoms with E-state index >= 15 is 0 Å². The van der Waals surface area contributed by atoms with Crippen LogP contribution in [0.5, 0.6) is 11.5 Å². The molecule has 0 aliphatic carbocycles. The summed E-state index contributed by atoms with van der Waals surface area (Å²) in [6.07, 6.45) is 5.11. The van der Waals surface area contributed by atoms with E-state index in [1.165, 1.54) is 22.7 Å². The second kappa shape index (κ2) is 12.8. The quantitative estimate of drug-likeness (QED) is 0.357. The van der Waals surface area contributed by atoms with Gasteiger partial charge in [-0.1, -0.05) is 19.9 Å². The maximum atomic E-state index is 13.2. The molecular formula is C27H38N8O5S. The molecule has 222 valence electrons. The van der Waals surface area contributed by atoms with Gasteiger partial charge in [-0.2, -0.15) is 22.0 Å². The average molecular weight is 587 g/mol. The van der Waals surface area contributed by atoms with Gasteiger partial charge in [0.1, 0.15) is 12.1 Å². The van der Waals surface area contributed by atoms with Gasteiger partial charge >= 0.3 is 0 Å². The van der Waals surface area contributed by atoms with E-state index in [1.807, 2.05) is 36.9 Å². The van der Waals surface area contributed by atoms with Gasteiger partial charge in [0, 0.05) is 65.2 Å². The molecule has 41 heavy (non-hydrogen) atoms. The fraction of sp³-hybridized carbons (Fsp3) is 0.481. The highest BCUT2D eigenvalue weighted by molar-refractivity contribution is 7.86. The van der Waals surface area contributed by atoms with Crippen molar-refractivity contribution in [1.29, 1.82) is 0 Å². The van der Waals surface area contributed by atoms with Gasteiger partial charge in [-0.05, 0) is 23.6 Å². The minimum atomic E-state index is -3.67. The number of rotatable bonds is 11. The molecule has 1 N–H and O–H groups in total. The Kier molecular flexibility index (Phi) is 9.46. The highest BCUT2D eigenvalue weighted by atomic mass is 32.2. The van der Waals surface area contributed by atoms with Crippen molar-refractivity contribution in [1.82, 2.24) is 33.4 Å². The first-order valence-corrected chi connectivity index (χ1v) is 14.7. The summed E-state index contributed by atoms with van der Waals surface area (Å²) in [7, 11) is 2.46. The van der Waals surface area contributed by atoms with Crippen molar-refractivity contribution in [3.63, 3.8) is 0 Å². The molecule has 1 aliphatic heterocycles. The zero-order chi connectivity index (χ0) is 29.7. The summed E-state index contributed by atoms with van der Waals surface area (Å²) in [5, 5.41) is 2.96. The maximum absolute atomic E-state index is 13.2. The van der Waals surface area contributed by atoms with Crippen molar-refractivity contribution < 1.29 is 22.7 Å². The number of carbonyl (C=O) groups is 1. The third-order valence-electron chi connectivity index (χ3n) is 6.93. The maximum Gasteiger partial charge on any atom is 0.281 e. The molecule has 3 heterocycles. The first-order chi connectivity index (χ1) is 19.5. The van der Waals surface area contributed by atoms with Crippen LogP contribution in [0.25, 0.3) is 5.95 Å². The van der Waals surface area contributed by atoms with Gasteiger partial charge < -0.3 is 19.7 Å². The predicted octanol–water partition coefficient (Wildman–Crippen LogP) is 1.81. The third-order valence-corrected chi connectivity index (χ3v) is 8.84. The first-order valence-electron chi connectivity index (χ1n) is 13.3. The lowest BCUT2D eigenvalue weighted by Crippen LogP contribution is -2.58. The van der Waals surface area contributed by atoms with E-state index in [0.717, 1.165) is 11.3 Å². The van der Waals surface area contributed by atoms with Gasteiger partial charge in [-0.3, -0.25) is 9.36 Å². The van der Waals surface area contributed by atoms with Crippen LogP contribution < -0.4 is 19.7 Å². The number of ether oxygens (including phenoxy) is 2. The molecule has 1 unspecified atom stereocenters. The van der Waals surface area contributed by atoms with Crippen LogP contribution >= 0.6 is 0 Å². The molecule has 0 saturated carbocycles. The van der Waals surface area contributed by atoms with Gasteiger partial charge in [0.05, 0.1) is 26.0 Å². The largest absolute Gasteiger partial charge is 0.493 e. The minimum absolute atomic E-state index is 0.0637. The van der Waals surface area contributed by atoms with Crippen LogP contribution in [0.2, 0.25) is 0 Å². The lowest BCUT2D eigenvalue weighted by atomic mass is 10.1.